The quantitative estimate of drug-likeness (QED) is 0.173. The van der Waals surface area contributed by atoms with E-state index >= 15 is 0 Å². The van der Waals surface area contributed by atoms with Crippen LogP contribution >= 0.6 is 0 Å². The first-order chi connectivity index (χ1) is 19.3. The van der Waals surface area contributed by atoms with Crippen LogP contribution in [0.4, 0.5) is 0 Å². The Morgan fingerprint density at radius 3 is 2.22 bits per heavy atom. The first-order valence-electron chi connectivity index (χ1n) is 13.6. The van der Waals surface area contributed by atoms with Crippen molar-refractivity contribution in [3.8, 4) is 34.0 Å². The molecule has 1 aliphatic carbocycles. The second-order valence-corrected chi connectivity index (χ2v) is 11.1. The largest absolute Gasteiger partial charge is 0.481 e. The van der Waals surface area contributed by atoms with Crippen LogP contribution in [0.3, 0.4) is 0 Å². The van der Waals surface area contributed by atoms with Crippen LogP contribution in [0.5, 0.6) is 11.5 Å². The van der Waals surface area contributed by atoms with Gasteiger partial charge in [0.05, 0.1) is 0 Å². The zero-order chi connectivity index (χ0) is 27.9. The molecule has 41 heavy (non-hydrogen) atoms. The number of benzene rings is 3. The summed E-state index contributed by atoms with van der Waals surface area (Å²) in [6.07, 6.45) is 3.54. The van der Waals surface area contributed by atoms with Gasteiger partial charge in [-0.1, -0.05) is 44.5 Å². The smallest absolute Gasteiger partial charge is 0.162 e. The maximum absolute atomic E-state index is 6.40. The van der Waals surface area contributed by atoms with Crippen molar-refractivity contribution in [3.63, 3.8) is 0 Å². The van der Waals surface area contributed by atoms with Crippen LogP contribution in [-0.4, -0.2) is 16.1 Å². The minimum atomic E-state index is -0.169. The monoisotopic (exact) mass is 717 g/mol. The molecule has 0 saturated heterocycles. The van der Waals surface area contributed by atoms with E-state index in [-0.39, 0.29) is 37.7 Å². The molecule has 3 aromatic carbocycles. The average molecular weight is 717 g/mol. The van der Waals surface area contributed by atoms with E-state index in [4.69, 9.17) is 9.47 Å². The Kier molecular flexibility index (Phi) is 8.13. The van der Waals surface area contributed by atoms with Crippen LogP contribution in [0.15, 0.2) is 91.3 Å². The van der Waals surface area contributed by atoms with Gasteiger partial charge in [-0.15, -0.1) is 71.3 Å². The van der Waals surface area contributed by atoms with Gasteiger partial charge < -0.3 is 19.4 Å². The van der Waals surface area contributed by atoms with Crippen molar-refractivity contribution in [1.82, 2.24) is 9.97 Å². The second kappa shape index (κ2) is 11.6. The number of para-hydroxylation sites is 2. The fraction of sp³-hybridized carbons (Fsp3) is 0.222. The molecule has 3 heterocycles. The van der Waals surface area contributed by atoms with Gasteiger partial charge in [-0.25, -0.2) is 0 Å². The molecule has 209 valence electrons. The molecule has 4 nitrogen and oxygen atoms in total. The zero-order valence-corrected chi connectivity index (χ0v) is 26.3. The van der Waals surface area contributed by atoms with E-state index < -0.39 is 0 Å². The summed E-state index contributed by atoms with van der Waals surface area (Å²) in [7, 11) is 0. The number of ether oxygens (including phenoxy) is 2. The van der Waals surface area contributed by atoms with Crippen molar-refractivity contribution in [2.45, 2.75) is 52.2 Å². The SMILES string of the molecule is CC1(C)c2ccnc(-c3[c-]cccc3)c2C2Oc3ccccc3OC21.Cc1c[c-]c(-c2cc(C)c(C)cn2)cc1.[Ir]. The van der Waals surface area contributed by atoms with Gasteiger partial charge >= 0.3 is 0 Å². The van der Waals surface area contributed by atoms with Crippen LogP contribution < -0.4 is 9.47 Å². The maximum atomic E-state index is 6.40. The molecule has 2 aromatic heterocycles. The summed E-state index contributed by atoms with van der Waals surface area (Å²) in [5.74, 6) is 1.60. The molecule has 0 spiro atoms. The number of nitrogens with zero attached hydrogens (tertiary/aromatic N) is 2. The topological polar surface area (TPSA) is 44.2 Å². The third-order valence-corrected chi connectivity index (χ3v) is 7.89. The van der Waals surface area contributed by atoms with Crippen molar-refractivity contribution in [3.05, 3.63) is 131 Å². The standard InChI is InChI=1S/C22H18NO2.C14H14N.Ir/c1-22(2)15-12-13-23-19(14-8-4-3-5-9-14)18(15)20-21(22)25-17-11-7-6-10-16(17)24-20;1-10-4-6-13(7-5-10)14-8-11(2)12(3)9-15-14;/h3-8,10-13,20-21H,1-2H3;4-6,8-9H,1-3H3;/q2*-1;. The van der Waals surface area contributed by atoms with Crippen molar-refractivity contribution in [2.24, 2.45) is 0 Å². The molecular weight excluding hydrogens is 685 g/mol. The third-order valence-electron chi connectivity index (χ3n) is 7.89. The van der Waals surface area contributed by atoms with E-state index in [9.17, 15) is 0 Å². The van der Waals surface area contributed by atoms with Crippen LogP contribution in [0.2, 0.25) is 0 Å². The van der Waals surface area contributed by atoms with Crippen molar-refractivity contribution >= 4 is 0 Å². The van der Waals surface area contributed by atoms with Crippen LogP contribution in [-0.2, 0) is 25.5 Å². The van der Waals surface area contributed by atoms with Crippen molar-refractivity contribution < 1.29 is 29.6 Å². The molecule has 0 N–H and O–H groups in total. The number of pyridine rings is 2. The van der Waals surface area contributed by atoms with Crippen LogP contribution in [0.25, 0.3) is 22.5 Å². The summed E-state index contributed by atoms with van der Waals surface area (Å²) in [6.45, 7) is 10.7. The Bertz CT molecular complexity index is 1670. The normalized spacial score (nSPS) is 17.3. The van der Waals surface area contributed by atoms with E-state index in [1.54, 1.807) is 0 Å². The summed E-state index contributed by atoms with van der Waals surface area (Å²) in [4.78, 5) is 9.07. The number of aromatic nitrogens is 2. The van der Waals surface area contributed by atoms with Gasteiger partial charge in [0.1, 0.15) is 6.10 Å². The van der Waals surface area contributed by atoms with E-state index in [0.29, 0.717) is 0 Å². The summed E-state index contributed by atoms with van der Waals surface area (Å²) in [5, 5.41) is 0. The Morgan fingerprint density at radius 1 is 0.780 bits per heavy atom. The molecular formula is C36H32IrN2O2-2. The molecule has 2 atom stereocenters. The third kappa shape index (κ3) is 5.45. The second-order valence-electron chi connectivity index (χ2n) is 11.1. The predicted octanol–water partition coefficient (Wildman–Crippen LogP) is 8.19. The summed E-state index contributed by atoms with van der Waals surface area (Å²) in [6, 6.07) is 32.7. The van der Waals surface area contributed by atoms with E-state index in [0.717, 1.165) is 39.6 Å². The molecule has 0 fully saturated rings. The molecule has 0 amide bonds. The fourth-order valence-electron chi connectivity index (χ4n) is 5.44. The Hall–Kier alpha value is -3.79. The summed E-state index contributed by atoms with van der Waals surface area (Å²) < 4.78 is 12.8. The number of aryl methyl sites for hydroxylation is 3. The fourth-order valence-corrected chi connectivity index (χ4v) is 5.44. The molecule has 1 aliphatic heterocycles. The predicted molar refractivity (Wildman–Crippen MR) is 158 cm³/mol. The molecule has 0 saturated carbocycles. The number of hydrogen-bond acceptors (Lipinski definition) is 4. The maximum Gasteiger partial charge on any atom is 0.162 e. The van der Waals surface area contributed by atoms with Gasteiger partial charge in [-0.3, -0.25) is 0 Å². The Labute approximate surface area is 256 Å². The molecule has 2 unspecified atom stereocenters. The van der Waals surface area contributed by atoms with Crippen molar-refractivity contribution in [2.75, 3.05) is 0 Å². The van der Waals surface area contributed by atoms with Gasteiger partial charge in [0.25, 0.3) is 0 Å². The molecule has 5 aromatic rings. The van der Waals surface area contributed by atoms with Gasteiger partial charge in [0, 0.05) is 37.9 Å². The Balaban J connectivity index is 0.000000182. The summed E-state index contributed by atoms with van der Waals surface area (Å²) >= 11 is 0. The molecule has 1 radical (unpaired) electrons. The first kappa shape index (κ1) is 28.7. The van der Waals surface area contributed by atoms with Gasteiger partial charge in [-0.2, -0.15) is 0 Å². The number of fused-ring (bicyclic) bond motifs is 4. The molecule has 2 aliphatic rings. The molecule has 5 heteroatoms. The zero-order valence-electron chi connectivity index (χ0n) is 23.9. The molecule has 0 bridgehead atoms. The Morgan fingerprint density at radius 2 is 1.54 bits per heavy atom. The van der Waals surface area contributed by atoms with Crippen LogP contribution in [0.1, 0.15) is 47.8 Å². The van der Waals surface area contributed by atoms with Crippen LogP contribution in [0, 0.1) is 32.9 Å². The van der Waals surface area contributed by atoms with Gasteiger partial charge in [0.2, 0.25) is 0 Å². The van der Waals surface area contributed by atoms with E-state index in [2.05, 4.69) is 81.0 Å². The molecule has 7 rings (SSSR count). The minimum Gasteiger partial charge on any atom is -0.481 e. The average Bonchev–Trinajstić information content (AvgIpc) is 3.20. The minimum absolute atomic E-state index is 0. The van der Waals surface area contributed by atoms with Gasteiger partial charge in [-0.05, 0) is 60.1 Å². The first-order valence-corrected chi connectivity index (χ1v) is 13.6. The van der Waals surface area contributed by atoms with Gasteiger partial charge in [0.15, 0.2) is 17.6 Å². The van der Waals surface area contributed by atoms with E-state index in [1.807, 2.05) is 67.0 Å². The number of rotatable bonds is 2. The van der Waals surface area contributed by atoms with Crippen molar-refractivity contribution in [1.29, 1.82) is 0 Å². The number of hydrogen-bond donors (Lipinski definition) is 0. The summed E-state index contributed by atoms with van der Waals surface area (Å²) in [5.41, 5.74) is 9.89. The van der Waals surface area contributed by atoms with E-state index in [1.165, 1.54) is 22.3 Å².